The second-order valence-corrected chi connectivity index (χ2v) is 6.60. The highest BCUT2D eigenvalue weighted by atomic mass is 32.1. The average molecular weight is 320 g/mol. The van der Waals surface area contributed by atoms with E-state index in [9.17, 15) is 9.59 Å². The highest BCUT2D eigenvalue weighted by Gasteiger charge is 2.45. The summed E-state index contributed by atoms with van der Waals surface area (Å²) in [5.41, 5.74) is 0.167. The van der Waals surface area contributed by atoms with Gasteiger partial charge in [-0.3, -0.25) is 9.59 Å². The Morgan fingerprint density at radius 2 is 2.27 bits per heavy atom. The lowest BCUT2D eigenvalue weighted by Gasteiger charge is -2.51. The average Bonchev–Trinajstić information content (AvgIpc) is 3.05. The normalized spacial score (nSPS) is 25.5. The standard InChI is InChI=1S/C15H20N4O2S/c1-2-8-19-13(20)5-3-6-15(19)7-4-9-18(11-15)14(21)12-10-22-17-16-12/h2,10H,1,3-9,11H2/t15-/m1/s1. The first-order valence-corrected chi connectivity index (χ1v) is 8.48. The molecule has 118 valence electrons. The van der Waals surface area contributed by atoms with Crippen LogP contribution in [0.25, 0.3) is 0 Å². The van der Waals surface area contributed by atoms with Crippen molar-refractivity contribution >= 4 is 23.3 Å². The molecule has 1 aromatic rings. The summed E-state index contributed by atoms with van der Waals surface area (Å²) in [6.45, 7) is 5.63. The van der Waals surface area contributed by atoms with Gasteiger partial charge in [0, 0.05) is 31.4 Å². The van der Waals surface area contributed by atoms with Gasteiger partial charge in [-0.2, -0.15) is 0 Å². The van der Waals surface area contributed by atoms with Crippen molar-refractivity contribution in [3.05, 3.63) is 23.7 Å². The molecule has 2 aliphatic heterocycles. The van der Waals surface area contributed by atoms with Gasteiger partial charge in [0.1, 0.15) is 0 Å². The Morgan fingerprint density at radius 3 is 3.00 bits per heavy atom. The Bertz CT molecular complexity index is 570. The van der Waals surface area contributed by atoms with Crippen molar-refractivity contribution in [2.75, 3.05) is 19.6 Å². The Labute approximate surface area is 134 Å². The van der Waals surface area contributed by atoms with Crippen LogP contribution >= 0.6 is 11.5 Å². The zero-order valence-corrected chi connectivity index (χ0v) is 13.3. The van der Waals surface area contributed by atoms with Gasteiger partial charge in [-0.1, -0.05) is 10.6 Å². The smallest absolute Gasteiger partial charge is 0.275 e. The van der Waals surface area contributed by atoms with E-state index in [1.54, 1.807) is 11.5 Å². The molecule has 3 rings (SSSR count). The molecule has 0 radical (unpaired) electrons. The lowest BCUT2D eigenvalue weighted by molar-refractivity contribution is -0.143. The van der Waals surface area contributed by atoms with Crippen molar-refractivity contribution in [2.24, 2.45) is 0 Å². The van der Waals surface area contributed by atoms with E-state index in [0.29, 0.717) is 31.7 Å². The molecular weight excluding hydrogens is 300 g/mol. The summed E-state index contributed by atoms with van der Waals surface area (Å²) < 4.78 is 3.76. The Kier molecular flexibility index (Phi) is 4.24. The van der Waals surface area contributed by atoms with Crippen LogP contribution in [-0.2, 0) is 4.79 Å². The third-order valence-corrected chi connectivity index (χ3v) is 5.14. The van der Waals surface area contributed by atoms with Crippen molar-refractivity contribution in [1.82, 2.24) is 19.4 Å². The van der Waals surface area contributed by atoms with Crippen LogP contribution in [0.5, 0.6) is 0 Å². The van der Waals surface area contributed by atoms with Gasteiger partial charge in [-0.15, -0.1) is 11.7 Å². The predicted molar refractivity (Wildman–Crippen MR) is 83.5 cm³/mol. The fourth-order valence-corrected chi connectivity index (χ4v) is 4.09. The van der Waals surface area contributed by atoms with Crippen LogP contribution in [0.4, 0.5) is 0 Å². The van der Waals surface area contributed by atoms with Gasteiger partial charge in [0.05, 0.1) is 5.54 Å². The number of nitrogens with zero attached hydrogens (tertiary/aromatic N) is 4. The molecule has 2 amide bonds. The van der Waals surface area contributed by atoms with E-state index >= 15 is 0 Å². The van der Waals surface area contributed by atoms with Crippen LogP contribution in [-0.4, -0.2) is 56.4 Å². The predicted octanol–water partition coefficient (Wildman–Crippen LogP) is 1.71. The lowest BCUT2D eigenvalue weighted by atomic mass is 9.79. The van der Waals surface area contributed by atoms with Crippen molar-refractivity contribution < 1.29 is 9.59 Å². The Hall–Kier alpha value is -1.76. The zero-order valence-electron chi connectivity index (χ0n) is 12.5. The van der Waals surface area contributed by atoms with Gasteiger partial charge >= 0.3 is 0 Å². The summed E-state index contributed by atoms with van der Waals surface area (Å²) in [6.07, 6.45) is 6.07. The molecule has 6 nitrogen and oxygen atoms in total. The lowest BCUT2D eigenvalue weighted by Crippen LogP contribution is -2.63. The summed E-state index contributed by atoms with van der Waals surface area (Å²) >= 11 is 1.18. The number of carbonyl (C=O) groups is 2. The molecule has 1 spiro atoms. The van der Waals surface area contributed by atoms with Gasteiger partial charge in [0.15, 0.2) is 5.69 Å². The van der Waals surface area contributed by atoms with E-state index < -0.39 is 0 Å². The third kappa shape index (κ3) is 2.65. The van der Waals surface area contributed by atoms with Gasteiger partial charge in [0.25, 0.3) is 5.91 Å². The second kappa shape index (κ2) is 6.16. The van der Waals surface area contributed by atoms with Gasteiger partial charge < -0.3 is 9.80 Å². The number of hydrogen-bond acceptors (Lipinski definition) is 5. The van der Waals surface area contributed by atoms with Crippen LogP contribution in [0.2, 0.25) is 0 Å². The SMILES string of the molecule is C=CCN1C(=O)CCC[C@]12CCCN(C(=O)c1csnn1)C2. The van der Waals surface area contributed by atoms with Crippen LogP contribution in [0.1, 0.15) is 42.6 Å². The maximum atomic E-state index is 12.5. The van der Waals surface area contributed by atoms with Crippen molar-refractivity contribution in [1.29, 1.82) is 0 Å². The summed E-state index contributed by atoms with van der Waals surface area (Å²) in [5, 5.41) is 5.55. The highest BCUT2D eigenvalue weighted by molar-refractivity contribution is 7.03. The zero-order chi connectivity index (χ0) is 15.6. The number of carbonyl (C=O) groups excluding carboxylic acids is 2. The maximum Gasteiger partial charge on any atom is 0.275 e. The van der Waals surface area contributed by atoms with E-state index in [4.69, 9.17) is 0 Å². The van der Waals surface area contributed by atoms with Gasteiger partial charge in [-0.05, 0) is 37.2 Å². The summed E-state index contributed by atoms with van der Waals surface area (Å²) in [5.74, 6) is 0.0974. The maximum absolute atomic E-state index is 12.5. The largest absolute Gasteiger partial charge is 0.335 e. The minimum Gasteiger partial charge on any atom is -0.335 e. The van der Waals surface area contributed by atoms with Crippen molar-refractivity contribution in [3.8, 4) is 0 Å². The van der Waals surface area contributed by atoms with Crippen LogP contribution in [0, 0.1) is 0 Å². The second-order valence-electron chi connectivity index (χ2n) is 5.99. The van der Waals surface area contributed by atoms with Crippen LogP contribution in [0.3, 0.4) is 0 Å². The molecule has 2 aliphatic rings. The molecule has 0 unspecified atom stereocenters. The van der Waals surface area contributed by atoms with Gasteiger partial charge in [-0.25, -0.2) is 0 Å². The van der Waals surface area contributed by atoms with E-state index in [1.807, 2.05) is 9.80 Å². The topological polar surface area (TPSA) is 66.4 Å². The molecule has 0 bridgehead atoms. The summed E-state index contributed by atoms with van der Waals surface area (Å²) in [4.78, 5) is 28.6. The quantitative estimate of drug-likeness (QED) is 0.795. The first-order chi connectivity index (χ1) is 10.7. The fraction of sp³-hybridized carbons (Fsp3) is 0.600. The number of likely N-dealkylation sites (tertiary alicyclic amines) is 2. The molecule has 7 heteroatoms. The summed E-state index contributed by atoms with van der Waals surface area (Å²) in [7, 11) is 0. The molecule has 22 heavy (non-hydrogen) atoms. The minimum absolute atomic E-state index is 0.0793. The van der Waals surface area contributed by atoms with Gasteiger partial charge in [0.2, 0.25) is 5.91 Å². The Balaban J connectivity index is 1.82. The van der Waals surface area contributed by atoms with Crippen molar-refractivity contribution in [2.45, 2.75) is 37.6 Å². The minimum atomic E-state index is -0.235. The molecule has 0 N–H and O–H groups in total. The monoisotopic (exact) mass is 320 g/mol. The van der Waals surface area contributed by atoms with E-state index in [1.165, 1.54) is 11.5 Å². The number of piperidine rings is 2. The molecule has 0 aromatic carbocycles. The molecule has 0 aliphatic carbocycles. The number of rotatable bonds is 3. The molecule has 0 saturated carbocycles. The molecule has 1 atom stereocenters. The highest BCUT2D eigenvalue weighted by Crippen LogP contribution is 2.37. The van der Waals surface area contributed by atoms with Crippen LogP contribution < -0.4 is 0 Å². The van der Waals surface area contributed by atoms with Crippen molar-refractivity contribution in [3.63, 3.8) is 0 Å². The molecule has 1 aromatic heterocycles. The molecular formula is C15H20N4O2S. The molecule has 2 saturated heterocycles. The van der Waals surface area contributed by atoms with E-state index in [-0.39, 0.29) is 17.4 Å². The van der Waals surface area contributed by atoms with Crippen LogP contribution in [0.15, 0.2) is 18.0 Å². The van der Waals surface area contributed by atoms with E-state index in [2.05, 4.69) is 16.2 Å². The number of hydrogen-bond donors (Lipinski definition) is 0. The Morgan fingerprint density at radius 1 is 1.45 bits per heavy atom. The molecule has 3 heterocycles. The summed E-state index contributed by atoms with van der Waals surface area (Å²) in [6, 6.07) is 0. The first-order valence-electron chi connectivity index (χ1n) is 7.64. The third-order valence-electron chi connectivity index (χ3n) is 4.64. The number of amides is 2. The fourth-order valence-electron chi connectivity index (χ4n) is 3.66. The van der Waals surface area contributed by atoms with E-state index in [0.717, 1.165) is 25.7 Å². The molecule has 2 fully saturated rings. The number of aromatic nitrogens is 2. The first kappa shape index (κ1) is 15.1.